The van der Waals surface area contributed by atoms with E-state index in [1.807, 2.05) is 6.08 Å². The molecule has 0 nitrogen and oxygen atoms in total. The van der Waals surface area contributed by atoms with Gasteiger partial charge in [0.25, 0.3) is 0 Å². The molecule has 0 aromatic carbocycles. The Balaban J connectivity index is 0.00000190. The highest BCUT2D eigenvalue weighted by molar-refractivity contribution is 5.48. The summed E-state index contributed by atoms with van der Waals surface area (Å²) in [6, 6.07) is 0. The molecular weight excluding hydrogens is 432 g/mol. The van der Waals surface area contributed by atoms with Crippen LogP contribution in [0.1, 0.15) is 127 Å². The van der Waals surface area contributed by atoms with E-state index in [0.29, 0.717) is 27.6 Å². The largest absolute Gasteiger partial charge is 0.116 e. The van der Waals surface area contributed by atoms with Crippen LogP contribution in [0.3, 0.4) is 0 Å². The van der Waals surface area contributed by atoms with E-state index in [1.54, 1.807) is 0 Å². The van der Waals surface area contributed by atoms with Gasteiger partial charge in [-0.25, -0.2) is 0 Å². The fourth-order valence-corrected chi connectivity index (χ4v) is 10.5. The van der Waals surface area contributed by atoms with Gasteiger partial charge in [-0.1, -0.05) is 60.1 Å². The maximum Gasteiger partial charge on any atom is 0.0328 e. The fraction of sp³-hybridized carbons (Fsp3) is 0.750. The van der Waals surface area contributed by atoms with Crippen LogP contribution in [0.15, 0.2) is 41.2 Å². The molecule has 0 N–H and O–H groups in total. The molecule has 0 spiro atoms. The maximum atomic E-state index is 5.62. The molecule has 4 unspecified atom stereocenters. The summed E-state index contributed by atoms with van der Waals surface area (Å²) in [5.74, 6) is 6.23. The second-order valence-electron chi connectivity index (χ2n) is 14.4. The molecule has 0 aliphatic heterocycles. The molecular formula is C36H56. The van der Waals surface area contributed by atoms with Crippen molar-refractivity contribution in [2.45, 2.75) is 126 Å². The third kappa shape index (κ3) is 4.33. The van der Waals surface area contributed by atoms with Gasteiger partial charge >= 0.3 is 0 Å². The van der Waals surface area contributed by atoms with Crippen LogP contribution >= 0.6 is 0 Å². The third-order valence-corrected chi connectivity index (χ3v) is 12.3. The topological polar surface area (TPSA) is 0 Å². The van der Waals surface area contributed by atoms with Crippen molar-refractivity contribution < 1.29 is 1.43 Å². The zero-order valence-corrected chi connectivity index (χ0v) is 23.4. The zero-order chi connectivity index (χ0) is 25.1. The van der Waals surface area contributed by atoms with Crippen molar-refractivity contribution in [3.8, 4) is 12.3 Å². The second-order valence-corrected chi connectivity index (χ2v) is 14.4. The Morgan fingerprint density at radius 1 is 1.08 bits per heavy atom. The number of terminal acetylenes is 1. The summed E-state index contributed by atoms with van der Waals surface area (Å²) < 4.78 is 0. The molecule has 0 aromatic rings. The molecule has 0 radical (unpaired) electrons. The van der Waals surface area contributed by atoms with Crippen LogP contribution in [-0.2, 0) is 0 Å². The Morgan fingerprint density at radius 3 is 2.42 bits per heavy atom. The van der Waals surface area contributed by atoms with Gasteiger partial charge in [0.1, 0.15) is 0 Å². The molecule has 4 saturated carbocycles. The van der Waals surface area contributed by atoms with Gasteiger partial charge < -0.3 is 0 Å². The second kappa shape index (κ2) is 9.70. The van der Waals surface area contributed by atoms with Crippen molar-refractivity contribution in [2.24, 2.45) is 45.3 Å². The van der Waals surface area contributed by atoms with Crippen LogP contribution in [0.2, 0.25) is 0 Å². The van der Waals surface area contributed by atoms with E-state index in [4.69, 9.17) is 13.0 Å². The van der Waals surface area contributed by atoms with Crippen LogP contribution in [0.4, 0.5) is 0 Å². The minimum Gasteiger partial charge on any atom is -0.116 e. The highest BCUT2D eigenvalue weighted by atomic mass is 14.7. The molecule has 4 fully saturated rings. The summed E-state index contributed by atoms with van der Waals surface area (Å²) in [7, 11) is 0. The van der Waals surface area contributed by atoms with Gasteiger partial charge in [-0.2, -0.15) is 0 Å². The van der Waals surface area contributed by atoms with Gasteiger partial charge in [0.2, 0.25) is 0 Å². The van der Waals surface area contributed by atoms with Crippen molar-refractivity contribution in [2.75, 3.05) is 0 Å². The lowest BCUT2D eigenvalue weighted by Gasteiger charge is -2.63. The van der Waals surface area contributed by atoms with E-state index < -0.39 is 0 Å². The SMILES string of the molecule is C.C#CC1=CC(CC(=C)C2CCC(C3CCC4(C)CC(C)(C)CC[C@]4(C4CC4)C3)C2(CC)CC)=C=C1.[HH]. The number of rotatable bonds is 7. The average Bonchev–Trinajstić information content (AvgIpc) is 3.46. The quantitative estimate of drug-likeness (QED) is 0.190. The minimum absolute atomic E-state index is 0. The monoisotopic (exact) mass is 488 g/mol. The predicted octanol–water partition coefficient (Wildman–Crippen LogP) is 10.7. The van der Waals surface area contributed by atoms with E-state index in [9.17, 15) is 0 Å². The predicted molar refractivity (Wildman–Crippen MR) is 159 cm³/mol. The molecule has 5 aliphatic carbocycles. The highest BCUT2D eigenvalue weighted by Crippen LogP contribution is 2.73. The first kappa shape index (κ1) is 27.6. The van der Waals surface area contributed by atoms with Crippen molar-refractivity contribution >= 4 is 0 Å². The summed E-state index contributed by atoms with van der Waals surface area (Å²) in [5, 5.41) is 0. The standard InChI is InChI=1S/C35H50.CH4.H2/c1-8-26-11-12-27(22-26)21-25(4)30-15-16-31(34(30,9-2)10-3)28-17-18-33(7)24-32(5,6)19-20-35(33,23-28)29-13-14-29;;/h1,11,22,28-31H,4,9-10,13-21,23-24H2,2-3,5-7H3;1H4;1H/t28?,30?,31?,33?,35-;;/m1../s1. The number of fused-ring (bicyclic) bond motifs is 1. The van der Waals surface area contributed by atoms with Gasteiger partial charge in [0.15, 0.2) is 0 Å². The smallest absolute Gasteiger partial charge is 0.0328 e. The normalized spacial score (nSPS) is 38.4. The lowest BCUT2D eigenvalue weighted by Crippen LogP contribution is -2.54. The summed E-state index contributed by atoms with van der Waals surface area (Å²) in [5.41, 5.74) is 9.20. The molecule has 200 valence electrons. The minimum atomic E-state index is 0. The molecule has 0 bridgehead atoms. The molecule has 36 heavy (non-hydrogen) atoms. The van der Waals surface area contributed by atoms with Gasteiger partial charge in [0, 0.05) is 13.4 Å². The van der Waals surface area contributed by atoms with Crippen LogP contribution < -0.4 is 0 Å². The Morgan fingerprint density at radius 2 is 1.81 bits per heavy atom. The van der Waals surface area contributed by atoms with E-state index in [-0.39, 0.29) is 8.85 Å². The number of hydrogen-bond donors (Lipinski definition) is 0. The molecule has 0 heterocycles. The van der Waals surface area contributed by atoms with Crippen LogP contribution in [0.5, 0.6) is 0 Å². The zero-order valence-electron chi connectivity index (χ0n) is 23.4. The Kier molecular flexibility index (Phi) is 7.44. The van der Waals surface area contributed by atoms with Crippen molar-refractivity contribution in [1.29, 1.82) is 0 Å². The maximum absolute atomic E-state index is 5.62. The molecule has 0 heteroatoms. The summed E-state index contributed by atoms with van der Waals surface area (Å²) in [4.78, 5) is 0. The molecule has 0 amide bonds. The number of hydrogen-bond acceptors (Lipinski definition) is 0. The number of allylic oxidation sites excluding steroid dienone is 4. The lowest BCUT2D eigenvalue weighted by molar-refractivity contribution is -0.129. The van der Waals surface area contributed by atoms with Crippen molar-refractivity contribution in [3.63, 3.8) is 0 Å². The van der Waals surface area contributed by atoms with Gasteiger partial charge in [-0.3, -0.25) is 0 Å². The molecule has 5 atom stereocenters. The lowest BCUT2D eigenvalue weighted by atomic mass is 9.42. The Labute approximate surface area is 225 Å². The third-order valence-electron chi connectivity index (χ3n) is 12.3. The Hall–Kier alpha value is -1.44. The van der Waals surface area contributed by atoms with Gasteiger partial charge in [0.05, 0.1) is 0 Å². The Bertz CT molecular complexity index is 1000. The van der Waals surface area contributed by atoms with Crippen LogP contribution in [0.25, 0.3) is 0 Å². The van der Waals surface area contributed by atoms with E-state index in [2.05, 4.69) is 52.3 Å². The first-order valence-corrected chi connectivity index (χ1v) is 14.9. The average molecular weight is 489 g/mol. The van der Waals surface area contributed by atoms with Crippen LogP contribution in [0, 0.1) is 57.7 Å². The van der Waals surface area contributed by atoms with Gasteiger partial charge in [-0.05, 0) is 140 Å². The summed E-state index contributed by atoms with van der Waals surface area (Å²) in [6.45, 7) is 17.5. The van der Waals surface area contributed by atoms with E-state index in [0.717, 1.165) is 29.7 Å². The summed E-state index contributed by atoms with van der Waals surface area (Å²) in [6.07, 6.45) is 27.9. The molecule has 5 rings (SSSR count). The highest BCUT2D eigenvalue weighted by Gasteiger charge is 2.63. The van der Waals surface area contributed by atoms with Crippen molar-refractivity contribution in [3.05, 3.63) is 41.2 Å². The first-order valence-electron chi connectivity index (χ1n) is 14.9. The molecule has 0 aromatic heterocycles. The van der Waals surface area contributed by atoms with E-state index in [1.165, 1.54) is 88.2 Å². The molecule has 0 saturated heterocycles. The van der Waals surface area contributed by atoms with Crippen molar-refractivity contribution in [1.82, 2.24) is 0 Å². The first-order chi connectivity index (χ1) is 16.6. The summed E-state index contributed by atoms with van der Waals surface area (Å²) >= 11 is 0. The van der Waals surface area contributed by atoms with Gasteiger partial charge in [-0.15, -0.1) is 12.2 Å². The fourth-order valence-electron chi connectivity index (χ4n) is 10.5. The van der Waals surface area contributed by atoms with E-state index >= 15 is 0 Å². The molecule has 5 aliphatic rings. The van der Waals surface area contributed by atoms with Crippen LogP contribution in [-0.4, -0.2) is 0 Å².